The van der Waals surface area contributed by atoms with E-state index in [1.165, 1.54) is 0 Å². The fourth-order valence-electron chi connectivity index (χ4n) is 1.47. The zero-order valence-electron chi connectivity index (χ0n) is 9.06. The second-order valence-corrected chi connectivity index (χ2v) is 4.21. The molecule has 0 spiro atoms. The summed E-state index contributed by atoms with van der Waals surface area (Å²) in [6.45, 7) is 3.91. The molecule has 1 saturated carbocycles. The molecule has 0 N–H and O–H groups in total. The molecule has 0 atom stereocenters. The van der Waals surface area contributed by atoms with Crippen molar-refractivity contribution >= 4 is 5.78 Å². The zero-order chi connectivity index (χ0) is 10.8. The van der Waals surface area contributed by atoms with Crippen molar-refractivity contribution in [1.82, 2.24) is 4.98 Å². The number of hydrogen-bond acceptors (Lipinski definition) is 3. The average Bonchev–Trinajstić information content (AvgIpc) is 2.99. The quantitative estimate of drug-likeness (QED) is 0.709. The van der Waals surface area contributed by atoms with Crippen LogP contribution in [-0.4, -0.2) is 16.9 Å². The first kappa shape index (κ1) is 10.1. The lowest BCUT2D eigenvalue weighted by Gasteiger charge is -2.09. The Hall–Kier alpha value is -1.38. The third kappa shape index (κ3) is 2.55. The number of ether oxygens (including phenoxy) is 1. The highest BCUT2D eigenvalue weighted by Gasteiger charge is 2.30. The summed E-state index contributed by atoms with van der Waals surface area (Å²) in [6.07, 6.45) is 5.41. The zero-order valence-corrected chi connectivity index (χ0v) is 9.06. The topological polar surface area (TPSA) is 39.2 Å². The highest BCUT2D eigenvalue weighted by molar-refractivity contribution is 5.99. The van der Waals surface area contributed by atoms with E-state index in [1.54, 1.807) is 18.5 Å². The van der Waals surface area contributed by atoms with Gasteiger partial charge in [0.2, 0.25) is 0 Å². The Balaban J connectivity index is 2.14. The molecule has 3 heteroatoms. The number of ketones is 1. The van der Waals surface area contributed by atoms with E-state index in [2.05, 4.69) is 4.98 Å². The first-order chi connectivity index (χ1) is 7.16. The molecule has 1 fully saturated rings. The van der Waals surface area contributed by atoms with Gasteiger partial charge in [0.15, 0.2) is 5.78 Å². The Kier molecular flexibility index (Phi) is 2.71. The van der Waals surface area contributed by atoms with Crippen molar-refractivity contribution in [3.63, 3.8) is 0 Å². The molecule has 0 saturated heterocycles. The van der Waals surface area contributed by atoms with Crippen molar-refractivity contribution in [2.45, 2.75) is 32.8 Å². The van der Waals surface area contributed by atoms with Gasteiger partial charge in [-0.2, -0.15) is 0 Å². The van der Waals surface area contributed by atoms with Gasteiger partial charge in [-0.25, -0.2) is 0 Å². The molecular formula is C12H15NO2. The van der Waals surface area contributed by atoms with Crippen molar-refractivity contribution in [3.05, 3.63) is 24.0 Å². The molecule has 0 radical (unpaired) electrons. The number of hydrogen-bond donors (Lipinski definition) is 0. The molecule has 0 amide bonds. The van der Waals surface area contributed by atoms with Gasteiger partial charge in [-0.3, -0.25) is 9.78 Å². The minimum absolute atomic E-state index is 0.109. The third-order valence-electron chi connectivity index (χ3n) is 2.32. The standard InChI is InChI=1S/C12H15NO2/c1-8(2)15-11-5-10(6-13-7-11)12(14)9-3-4-9/h5-9H,3-4H2,1-2H3. The van der Waals surface area contributed by atoms with Crippen LogP contribution >= 0.6 is 0 Å². The predicted molar refractivity (Wildman–Crippen MR) is 57.1 cm³/mol. The summed E-state index contributed by atoms with van der Waals surface area (Å²) >= 11 is 0. The molecule has 0 aliphatic heterocycles. The summed E-state index contributed by atoms with van der Waals surface area (Å²) in [6, 6.07) is 1.79. The van der Waals surface area contributed by atoms with Gasteiger partial charge in [0.1, 0.15) is 5.75 Å². The van der Waals surface area contributed by atoms with Gasteiger partial charge in [0.25, 0.3) is 0 Å². The third-order valence-corrected chi connectivity index (χ3v) is 2.32. The molecule has 0 bridgehead atoms. The number of carbonyl (C=O) groups is 1. The highest BCUT2D eigenvalue weighted by atomic mass is 16.5. The number of aromatic nitrogens is 1. The smallest absolute Gasteiger partial charge is 0.167 e. The van der Waals surface area contributed by atoms with Crippen LogP contribution in [0.5, 0.6) is 5.75 Å². The number of Topliss-reactive ketones (excluding diaryl/α,β-unsaturated/α-hetero) is 1. The Bertz CT molecular complexity index is 370. The number of rotatable bonds is 4. The normalized spacial score (nSPS) is 15.4. The van der Waals surface area contributed by atoms with Gasteiger partial charge in [-0.1, -0.05) is 0 Å². The molecule has 1 aliphatic carbocycles. The van der Waals surface area contributed by atoms with Gasteiger partial charge in [0.05, 0.1) is 12.3 Å². The molecule has 3 nitrogen and oxygen atoms in total. The summed E-state index contributed by atoms with van der Waals surface area (Å²) in [5.41, 5.74) is 0.677. The van der Waals surface area contributed by atoms with Crippen LogP contribution in [0.3, 0.4) is 0 Å². The summed E-state index contributed by atoms with van der Waals surface area (Å²) in [4.78, 5) is 15.8. The van der Waals surface area contributed by atoms with E-state index in [1.807, 2.05) is 13.8 Å². The van der Waals surface area contributed by atoms with Crippen molar-refractivity contribution in [2.75, 3.05) is 0 Å². The van der Waals surface area contributed by atoms with Crippen LogP contribution in [0.15, 0.2) is 18.5 Å². The highest BCUT2D eigenvalue weighted by Crippen LogP contribution is 2.33. The first-order valence-electron chi connectivity index (χ1n) is 5.32. The van der Waals surface area contributed by atoms with Crippen LogP contribution in [-0.2, 0) is 0 Å². The largest absolute Gasteiger partial charge is 0.489 e. The SMILES string of the molecule is CC(C)Oc1cncc(C(=O)C2CC2)c1. The number of pyridine rings is 1. The Morgan fingerprint density at radius 2 is 2.20 bits per heavy atom. The molecule has 15 heavy (non-hydrogen) atoms. The second-order valence-electron chi connectivity index (χ2n) is 4.21. The lowest BCUT2D eigenvalue weighted by atomic mass is 10.1. The van der Waals surface area contributed by atoms with Crippen LogP contribution in [0.25, 0.3) is 0 Å². The van der Waals surface area contributed by atoms with E-state index >= 15 is 0 Å². The molecule has 80 valence electrons. The maximum Gasteiger partial charge on any atom is 0.167 e. The summed E-state index contributed by atoms with van der Waals surface area (Å²) in [5, 5.41) is 0. The van der Waals surface area contributed by atoms with E-state index < -0.39 is 0 Å². The molecule has 1 heterocycles. The summed E-state index contributed by atoms with van der Waals surface area (Å²) in [7, 11) is 0. The van der Waals surface area contributed by atoms with E-state index in [0.717, 1.165) is 12.8 Å². The second kappa shape index (κ2) is 4.01. The molecular weight excluding hydrogens is 190 g/mol. The van der Waals surface area contributed by atoms with Gasteiger partial charge in [0, 0.05) is 17.7 Å². The predicted octanol–water partition coefficient (Wildman–Crippen LogP) is 2.46. The maximum absolute atomic E-state index is 11.7. The fraction of sp³-hybridized carbons (Fsp3) is 0.500. The van der Waals surface area contributed by atoms with Gasteiger partial charge in [-0.15, -0.1) is 0 Å². The van der Waals surface area contributed by atoms with E-state index in [-0.39, 0.29) is 17.8 Å². The van der Waals surface area contributed by atoms with E-state index in [4.69, 9.17) is 4.74 Å². The van der Waals surface area contributed by atoms with E-state index in [9.17, 15) is 4.79 Å². The average molecular weight is 205 g/mol. The summed E-state index contributed by atoms with van der Waals surface area (Å²) in [5.74, 6) is 1.12. The van der Waals surface area contributed by atoms with E-state index in [0.29, 0.717) is 11.3 Å². The molecule has 0 unspecified atom stereocenters. The van der Waals surface area contributed by atoms with Crippen LogP contribution < -0.4 is 4.74 Å². The van der Waals surface area contributed by atoms with Crippen LogP contribution in [0, 0.1) is 5.92 Å². The van der Waals surface area contributed by atoms with Crippen molar-refractivity contribution in [3.8, 4) is 5.75 Å². The first-order valence-corrected chi connectivity index (χ1v) is 5.32. The monoisotopic (exact) mass is 205 g/mol. The fourth-order valence-corrected chi connectivity index (χ4v) is 1.47. The molecule has 2 rings (SSSR count). The van der Waals surface area contributed by atoms with Gasteiger partial charge >= 0.3 is 0 Å². The van der Waals surface area contributed by atoms with Crippen LogP contribution in [0.2, 0.25) is 0 Å². The van der Waals surface area contributed by atoms with Crippen molar-refractivity contribution in [2.24, 2.45) is 5.92 Å². The maximum atomic E-state index is 11.7. The Labute approximate surface area is 89.5 Å². The Morgan fingerprint density at radius 1 is 1.47 bits per heavy atom. The molecule has 1 aliphatic rings. The number of carbonyl (C=O) groups excluding carboxylic acids is 1. The Morgan fingerprint density at radius 3 is 2.80 bits per heavy atom. The minimum Gasteiger partial charge on any atom is -0.489 e. The minimum atomic E-state index is 0.109. The molecule has 1 aromatic heterocycles. The van der Waals surface area contributed by atoms with Gasteiger partial charge in [-0.05, 0) is 32.8 Å². The summed E-state index contributed by atoms with van der Waals surface area (Å²) < 4.78 is 5.49. The van der Waals surface area contributed by atoms with Crippen LogP contribution in [0.4, 0.5) is 0 Å². The number of nitrogens with zero attached hydrogens (tertiary/aromatic N) is 1. The lowest BCUT2D eigenvalue weighted by Crippen LogP contribution is -2.07. The van der Waals surface area contributed by atoms with Crippen molar-refractivity contribution < 1.29 is 9.53 Å². The van der Waals surface area contributed by atoms with Crippen molar-refractivity contribution in [1.29, 1.82) is 0 Å². The molecule has 0 aromatic carbocycles. The molecule has 1 aromatic rings. The van der Waals surface area contributed by atoms with Gasteiger partial charge < -0.3 is 4.74 Å². The van der Waals surface area contributed by atoms with Crippen LogP contribution in [0.1, 0.15) is 37.0 Å². The lowest BCUT2D eigenvalue weighted by molar-refractivity contribution is 0.0966.